The van der Waals surface area contributed by atoms with Crippen molar-refractivity contribution in [1.82, 2.24) is 0 Å². The van der Waals surface area contributed by atoms with Crippen LogP contribution in [0.5, 0.6) is 0 Å². The number of esters is 2. The van der Waals surface area contributed by atoms with Crippen LogP contribution in [0.1, 0.15) is 45.4 Å². The Morgan fingerprint density at radius 3 is 3.00 bits per heavy atom. The van der Waals surface area contributed by atoms with Crippen molar-refractivity contribution >= 4 is 11.9 Å². The molecule has 2 saturated carbocycles. The van der Waals surface area contributed by atoms with Crippen molar-refractivity contribution in [3.63, 3.8) is 0 Å². The topological polar surface area (TPSA) is 52.6 Å². The summed E-state index contributed by atoms with van der Waals surface area (Å²) in [5, 5.41) is 0. The SMILES string of the molecule is CCCCCOC(=O)C12CC3CC(C(=O)O1)C2C3. The lowest BCUT2D eigenvalue weighted by Gasteiger charge is -2.27. The first-order valence-corrected chi connectivity index (χ1v) is 7.07. The Labute approximate surface area is 107 Å². The largest absolute Gasteiger partial charge is 0.463 e. The van der Waals surface area contributed by atoms with Gasteiger partial charge in [-0.1, -0.05) is 19.8 Å². The summed E-state index contributed by atoms with van der Waals surface area (Å²) in [6, 6.07) is 0. The van der Waals surface area contributed by atoms with E-state index in [-0.39, 0.29) is 23.8 Å². The fourth-order valence-corrected chi connectivity index (χ4v) is 3.95. The van der Waals surface area contributed by atoms with E-state index in [0.717, 1.165) is 32.1 Å². The van der Waals surface area contributed by atoms with E-state index in [2.05, 4.69) is 6.92 Å². The second-order valence-electron chi connectivity index (χ2n) is 5.91. The maximum atomic E-state index is 12.2. The van der Waals surface area contributed by atoms with E-state index in [4.69, 9.17) is 9.47 Å². The third kappa shape index (κ3) is 1.57. The molecule has 0 N–H and O–H groups in total. The van der Waals surface area contributed by atoms with Crippen LogP contribution in [-0.4, -0.2) is 24.1 Å². The zero-order valence-electron chi connectivity index (χ0n) is 10.8. The Morgan fingerprint density at radius 2 is 2.28 bits per heavy atom. The van der Waals surface area contributed by atoms with Gasteiger partial charge in [-0.2, -0.15) is 0 Å². The number of rotatable bonds is 5. The first-order chi connectivity index (χ1) is 8.67. The zero-order valence-corrected chi connectivity index (χ0v) is 10.8. The molecule has 2 aliphatic carbocycles. The molecule has 1 saturated heterocycles. The Balaban J connectivity index is 1.65. The van der Waals surface area contributed by atoms with Crippen LogP contribution in [0.4, 0.5) is 0 Å². The van der Waals surface area contributed by atoms with E-state index in [1.807, 2.05) is 0 Å². The van der Waals surface area contributed by atoms with Crippen LogP contribution in [0.15, 0.2) is 0 Å². The van der Waals surface area contributed by atoms with Gasteiger partial charge in [0.25, 0.3) is 0 Å². The van der Waals surface area contributed by atoms with Gasteiger partial charge in [0.05, 0.1) is 12.5 Å². The first kappa shape index (κ1) is 12.0. The third-order valence-electron chi connectivity index (χ3n) is 4.76. The maximum Gasteiger partial charge on any atom is 0.350 e. The van der Waals surface area contributed by atoms with E-state index in [1.54, 1.807) is 0 Å². The van der Waals surface area contributed by atoms with Crippen LogP contribution in [-0.2, 0) is 19.1 Å². The van der Waals surface area contributed by atoms with Crippen molar-refractivity contribution in [2.75, 3.05) is 6.61 Å². The summed E-state index contributed by atoms with van der Waals surface area (Å²) in [6.07, 6.45) is 5.62. The number of hydrogen-bond acceptors (Lipinski definition) is 4. The van der Waals surface area contributed by atoms with Crippen molar-refractivity contribution in [2.45, 2.75) is 51.0 Å². The highest BCUT2D eigenvalue weighted by Gasteiger charge is 2.69. The molecule has 100 valence electrons. The molecular weight excluding hydrogens is 232 g/mol. The van der Waals surface area contributed by atoms with Gasteiger partial charge in [0, 0.05) is 12.3 Å². The van der Waals surface area contributed by atoms with Crippen LogP contribution < -0.4 is 0 Å². The fourth-order valence-electron chi connectivity index (χ4n) is 3.95. The molecule has 0 amide bonds. The standard InChI is InChI=1S/C14H20O4/c1-2-3-4-5-17-13(16)14-8-9-6-10(11(14)7-9)12(15)18-14/h9-11H,2-8H2,1H3. The highest BCUT2D eigenvalue weighted by atomic mass is 16.6. The van der Waals surface area contributed by atoms with Gasteiger partial charge in [0.2, 0.25) is 5.60 Å². The van der Waals surface area contributed by atoms with Gasteiger partial charge in [0.1, 0.15) is 0 Å². The fraction of sp³-hybridized carbons (Fsp3) is 0.857. The lowest BCUT2D eigenvalue weighted by Crippen LogP contribution is -2.44. The second kappa shape index (κ2) is 4.25. The van der Waals surface area contributed by atoms with E-state index in [9.17, 15) is 9.59 Å². The molecule has 4 heteroatoms. The summed E-state index contributed by atoms with van der Waals surface area (Å²) >= 11 is 0. The summed E-state index contributed by atoms with van der Waals surface area (Å²) in [5.41, 5.74) is -0.906. The molecule has 0 aromatic rings. The zero-order chi connectivity index (χ0) is 12.8. The number of carbonyl (C=O) groups excluding carboxylic acids is 2. The molecule has 1 heterocycles. The summed E-state index contributed by atoms with van der Waals surface area (Å²) in [6.45, 7) is 2.56. The van der Waals surface area contributed by atoms with Crippen LogP contribution in [0.3, 0.4) is 0 Å². The normalized spacial score (nSPS) is 40.1. The molecule has 0 aromatic carbocycles. The molecule has 4 unspecified atom stereocenters. The predicted octanol–water partition coefficient (Wildman–Crippen LogP) is 2.06. The second-order valence-corrected chi connectivity index (χ2v) is 5.91. The van der Waals surface area contributed by atoms with Gasteiger partial charge in [-0.25, -0.2) is 4.79 Å². The van der Waals surface area contributed by atoms with Crippen LogP contribution in [0.25, 0.3) is 0 Å². The Hall–Kier alpha value is -1.06. The number of unbranched alkanes of at least 4 members (excludes halogenated alkanes) is 2. The van der Waals surface area contributed by atoms with E-state index < -0.39 is 5.60 Å². The highest BCUT2D eigenvalue weighted by Crippen LogP contribution is 2.60. The molecule has 4 atom stereocenters. The monoisotopic (exact) mass is 252 g/mol. The highest BCUT2D eigenvalue weighted by molar-refractivity contribution is 5.90. The first-order valence-electron chi connectivity index (χ1n) is 7.07. The molecular formula is C14H20O4. The maximum absolute atomic E-state index is 12.2. The van der Waals surface area contributed by atoms with Gasteiger partial charge in [-0.15, -0.1) is 0 Å². The summed E-state index contributed by atoms with van der Waals surface area (Å²) in [7, 11) is 0. The number of hydrogen-bond donors (Lipinski definition) is 0. The van der Waals surface area contributed by atoms with Crippen molar-refractivity contribution < 1.29 is 19.1 Å². The van der Waals surface area contributed by atoms with Gasteiger partial charge in [0.15, 0.2) is 0 Å². The van der Waals surface area contributed by atoms with Crippen molar-refractivity contribution in [1.29, 1.82) is 0 Å². The average molecular weight is 252 g/mol. The minimum absolute atomic E-state index is 0.0352. The molecule has 3 fully saturated rings. The van der Waals surface area contributed by atoms with Crippen LogP contribution in [0.2, 0.25) is 0 Å². The molecule has 1 aliphatic heterocycles. The lowest BCUT2D eigenvalue weighted by atomic mass is 9.80. The van der Waals surface area contributed by atoms with Crippen molar-refractivity contribution in [3.05, 3.63) is 0 Å². The molecule has 3 aliphatic rings. The average Bonchev–Trinajstić information content (AvgIpc) is 2.94. The quantitative estimate of drug-likeness (QED) is 0.555. The lowest BCUT2D eigenvalue weighted by molar-refractivity contribution is -0.176. The third-order valence-corrected chi connectivity index (χ3v) is 4.76. The molecule has 2 bridgehead atoms. The molecule has 18 heavy (non-hydrogen) atoms. The van der Waals surface area contributed by atoms with Crippen LogP contribution >= 0.6 is 0 Å². The number of ether oxygens (including phenoxy) is 2. The molecule has 4 nitrogen and oxygen atoms in total. The van der Waals surface area contributed by atoms with E-state index in [1.165, 1.54) is 0 Å². The number of carbonyl (C=O) groups is 2. The summed E-state index contributed by atoms with van der Waals surface area (Å²) in [5.74, 6) is 0.0717. The molecule has 0 radical (unpaired) electrons. The van der Waals surface area contributed by atoms with Gasteiger partial charge in [-0.3, -0.25) is 4.79 Å². The van der Waals surface area contributed by atoms with Gasteiger partial charge < -0.3 is 9.47 Å². The Bertz CT molecular complexity index is 378. The minimum atomic E-state index is -0.906. The van der Waals surface area contributed by atoms with Crippen molar-refractivity contribution in [3.8, 4) is 0 Å². The predicted molar refractivity (Wildman–Crippen MR) is 63.6 cm³/mol. The van der Waals surface area contributed by atoms with Gasteiger partial charge >= 0.3 is 11.9 Å². The van der Waals surface area contributed by atoms with E-state index in [0.29, 0.717) is 18.9 Å². The number of fused-ring (bicyclic) bond motifs is 1. The summed E-state index contributed by atoms with van der Waals surface area (Å²) in [4.78, 5) is 24.0. The Kier molecular flexibility index (Phi) is 2.83. The van der Waals surface area contributed by atoms with Crippen LogP contribution in [0, 0.1) is 17.8 Å². The summed E-state index contributed by atoms with van der Waals surface area (Å²) < 4.78 is 10.8. The van der Waals surface area contributed by atoms with E-state index >= 15 is 0 Å². The van der Waals surface area contributed by atoms with Crippen molar-refractivity contribution in [2.24, 2.45) is 17.8 Å². The smallest absolute Gasteiger partial charge is 0.350 e. The Morgan fingerprint density at radius 1 is 1.44 bits per heavy atom. The van der Waals surface area contributed by atoms with Gasteiger partial charge in [-0.05, 0) is 25.2 Å². The minimum Gasteiger partial charge on any atom is -0.463 e. The molecule has 0 aromatic heterocycles. The molecule has 3 rings (SSSR count). The molecule has 0 spiro atoms.